The molecule has 2 aromatic carbocycles. The zero-order chi connectivity index (χ0) is 31.0. The Kier molecular flexibility index (Phi) is 12.4. The summed E-state index contributed by atoms with van der Waals surface area (Å²) in [5.41, 5.74) is 0.310. The summed E-state index contributed by atoms with van der Waals surface area (Å²) in [6.45, 7) is 2.21. The molecule has 0 aromatic heterocycles. The van der Waals surface area contributed by atoms with E-state index in [2.05, 4.69) is 38.4 Å². The van der Waals surface area contributed by atoms with Gasteiger partial charge in [0, 0.05) is 32.2 Å². The number of halogens is 8. The summed E-state index contributed by atoms with van der Waals surface area (Å²) in [4.78, 5) is 20.7. The summed E-state index contributed by atoms with van der Waals surface area (Å²) in [7, 11) is 0. The molecule has 1 fully saturated rings. The first-order valence-corrected chi connectivity index (χ1v) is 13.5. The number of nitro benzene ring substituents is 2. The second-order valence-corrected chi connectivity index (χ2v) is 10.7. The zero-order valence-corrected chi connectivity index (χ0v) is 24.4. The van der Waals surface area contributed by atoms with Crippen LogP contribution in [0.1, 0.15) is 36.8 Å². The molecule has 0 amide bonds. The third-order valence-corrected chi connectivity index (χ3v) is 6.36. The number of hydrogen-bond acceptors (Lipinski definition) is 6. The summed E-state index contributed by atoms with van der Waals surface area (Å²) >= 11 is 6.30. The lowest BCUT2D eigenvalue weighted by Crippen LogP contribution is -2.14. The topological polar surface area (TPSA) is 105 Å². The van der Waals surface area contributed by atoms with Crippen molar-refractivity contribution in [3.05, 3.63) is 77.2 Å². The van der Waals surface area contributed by atoms with Crippen molar-refractivity contribution in [1.29, 1.82) is 0 Å². The van der Waals surface area contributed by atoms with Crippen molar-refractivity contribution in [3.8, 4) is 11.5 Å². The summed E-state index contributed by atoms with van der Waals surface area (Å²) < 4.78 is 83.9. The highest BCUT2D eigenvalue weighted by Gasteiger charge is 2.31. The van der Waals surface area contributed by atoms with E-state index in [0.29, 0.717) is 32.4 Å². The van der Waals surface area contributed by atoms with Crippen LogP contribution in [0.4, 0.5) is 37.7 Å². The van der Waals surface area contributed by atoms with Crippen molar-refractivity contribution >= 4 is 43.2 Å². The standard InChI is InChI=1S/C13H13BrF3NO3.C12H11BrF3NO3/c14-10-6-9(5-8-1-2-8)12(11(7-10)18(19)20)21-4-3-13(15,16)17;1-2-3-8-6-9(13)7-10(17(18)19)11(8)20-5-4-12(14,15)16/h6-8H,1-5H2;2,6-7H,1,3-5H2. The second-order valence-electron chi connectivity index (χ2n) is 8.91. The van der Waals surface area contributed by atoms with Gasteiger partial charge in [-0.05, 0) is 43.7 Å². The molecule has 0 unspecified atom stereocenters. The van der Waals surface area contributed by atoms with Crippen molar-refractivity contribution in [2.24, 2.45) is 5.92 Å². The van der Waals surface area contributed by atoms with Gasteiger partial charge in [-0.3, -0.25) is 20.2 Å². The van der Waals surface area contributed by atoms with Gasteiger partial charge in [0.25, 0.3) is 0 Å². The van der Waals surface area contributed by atoms with Gasteiger partial charge in [-0.25, -0.2) is 0 Å². The third kappa shape index (κ3) is 12.3. The number of allylic oxidation sites excluding steroid dienone is 1. The molecule has 0 heterocycles. The van der Waals surface area contributed by atoms with Crippen molar-refractivity contribution in [3.63, 3.8) is 0 Å². The monoisotopic (exact) mass is 720 g/mol. The maximum atomic E-state index is 12.2. The number of rotatable bonds is 12. The summed E-state index contributed by atoms with van der Waals surface area (Å²) in [6, 6.07) is 5.67. The van der Waals surface area contributed by atoms with Gasteiger partial charge in [-0.1, -0.05) is 37.9 Å². The van der Waals surface area contributed by atoms with E-state index in [4.69, 9.17) is 9.47 Å². The van der Waals surface area contributed by atoms with Crippen LogP contribution in [0.3, 0.4) is 0 Å². The molecule has 16 heteroatoms. The fraction of sp³-hybridized carbons (Fsp3) is 0.440. The first-order valence-electron chi connectivity index (χ1n) is 11.9. The van der Waals surface area contributed by atoms with Gasteiger partial charge in [0.1, 0.15) is 0 Å². The fourth-order valence-corrected chi connectivity index (χ4v) is 4.49. The van der Waals surface area contributed by atoms with Crippen molar-refractivity contribution in [2.45, 2.75) is 50.9 Å². The van der Waals surface area contributed by atoms with Crippen LogP contribution in [-0.4, -0.2) is 35.4 Å². The van der Waals surface area contributed by atoms with Crippen molar-refractivity contribution in [2.75, 3.05) is 13.2 Å². The fourth-order valence-electron chi connectivity index (χ4n) is 3.50. The molecule has 0 radical (unpaired) electrons. The van der Waals surface area contributed by atoms with Gasteiger partial charge in [-0.15, -0.1) is 6.58 Å². The highest BCUT2D eigenvalue weighted by molar-refractivity contribution is 9.10. The number of alkyl halides is 6. The first kappa shape index (κ1) is 34.3. The summed E-state index contributed by atoms with van der Waals surface area (Å²) in [5.74, 6) is 0.241. The van der Waals surface area contributed by atoms with Crippen LogP contribution in [0, 0.1) is 26.1 Å². The largest absolute Gasteiger partial charge is 0.486 e. The Morgan fingerprint density at radius 1 is 0.829 bits per heavy atom. The first-order chi connectivity index (χ1) is 19.0. The van der Waals surface area contributed by atoms with Gasteiger partial charge in [0.05, 0.1) is 35.9 Å². The van der Waals surface area contributed by atoms with E-state index in [-0.39, 0.29) is 29.3 Å². The molecule has 3 rings (SSSR count). The normalized spacial score (nSPS) is 13.2. The SMILES string of the molecule is C=CCc1cc(Br)cc([N+](=O)[O-])c1OCCC(F)(F)F.O=[N+]([O-])c1cc(Br)cc(CC2CC2)c1OCCC(F)(F)F. The number of benzene rings is 2. The molecule has 1 aliphatic rings. The van der Waals surface area contributed by atoms with E-state index in [1.165, 1.54) is 18.2 Å². The summed E-state index contributed by atoms with van der Waals surface area (Å²) in [5, 5.41) is 22.0. The van der Waals surface area contributed by atoms with Crippen LogP contribution >= 0.6 is 31.9 Å². The van der Waals surface area contributed by atoms with Crippen LogP contribution < -0.4 is 9.47 Å². The van der Waals surface area contributed by atoms with E-state index in [9.17, 15) is 46.6 Å². The molecular formula is C25H24Br2F6N2O6. The lowest BCUT2D eigenvalue weighted by Gasteiger charge is -2.13. The number of nitro groups is 2. The zero-order valence-electron chi connectivity index (χ0n) is 21.2. The maximum Gasteiger partial charge on any atom is 0.392 e. The molecule has 0 bridgehead atoms. The molecule has 1 saturated carbocycles. The molecule has 2 aromatic rings. The molecule has 0 saturated heterocycles. The molecule has 0 N–H and O–H groups in total. The molecule has 226 valence electrons. The molecule has 41 heavy (non-hydrogen) atoms. The lowest BCUT2D eigenvalue weighted by molar-refractivity contribution is -0.386. The van der Waals surface area contributed by atoms with Crippen LogP contribution in [0.25, 0.3) is 0 Å². The van der Waals surface area contributed by atoms with Gasteiger partial charge in [0.2, 0.25) is 5.75 Å². The average Bonchev–Trinajstić information content (AvgIpc) is 3.64. The van der Waals surface area contributed by atoms with Gasteiger partial charge in [-0.2, -0.15) is 26.3 Å². The minimum absolute atomic E-state index is 0.0423. The molecule has 1 aliphatic carbocycles. The van der Waals surface area contributed by atoms with Crippen LogP contribution in [-0.2, 0) is 12.8 Å². The second kappa shape index (κ2) is 14.8. The molecule has 8 nitrogen and oxygen atoms in total. The Morgan fingerprint density at radius 2 is 1.24 bits per heavy atom. The van der Waals surface area contributed by atoms with E-state index in [1.807, 2.05) is 0 Å². The Morgan fingerprint density at radius 3 is 1.61 bits per heavy atom. The molecule has 0 atom stereocenters. The van der Waals surface area contributed by atoms with Gasteiger partial charge < -0.3 is 9.47 Å². The summed E-state index contributed by atoms with van der Waals surface area (Å²) in [6.07, 6.45) is -6.64. The van der Waals surface area contributed by atoms with Crippen molar-refractivity contribution in [1.82, 2.24) is 0 Å². The lowest BCUT2D eigenvalue weighted by atomic mass is 10.1. The molecule has 0 spiro atoms. The number of nitrogens with zero attached hydrogens (tertiary/aromatic N) is 2. The van der Waals surface area contributed by atoms with E-state index in [0.717, 1.165) is 12.8 Å². The van der Waals surface area contributed by atoms with Gasteiger partial charge >= 0.3 is 23.7 Å². The van der Waals surface area contributed by atoms with Gasteiger partial charge in [0.15, 0.2) is 5.75 Å². The van der Waals surface area contributed by atoms with Crippen LogP contribution in [0.5, 0.6) is 11.5 Å². The highest BCUT2D eigenvalue weighted by Crippen LogP contribution is 2.41. The van der Waals surface area contributed by atoms with Crippen molar-refractivity contribution < 1.29 is 45.7 Å². The predicted molar refractivity (Wildman–Crippen MR) is 144 cm³/mol. The predicted octanol–water partition coefficient (Wildman–Crippen LogP) is 9.06. The maximum absolute atomic E-state index is 12.2. The molecular weight excluding hydrogens is 698 g/mol. The minimum Gasteiger partial charge on any atom is -0.486 e. The average molecular weight is 722 g/mol. The van der Waals surface area contributed by atoms with Crippen LogP contribution in [0.15, 0.2) is 45.9 Å². The Bertz CT molecular complexity index is 1250. The van der Waals surface area contributed by atoms with E-state index >= 15 is 0 Å². The van der Waals surface area contributed by atoms with E-state index in [1.54, 1.807) is 12.1 Å². The third-order valence-electron chi connectivity index (χ3n) is 5.45. The van der Waals surface area contributed by atoms with E-state index < -0.39 is 48.3 Å². The Labute approximate surface area is 247 Å². The van der Waals surface area contributed by atoms with Crippen LogP contribution in [0.2, 0.25) is 0 Å². The minimum atomic E-state index is -4.37. The number of ether oxygens (including phenoxy) is 2. The quantitative estimate of drug-likeness (QED) is 0.0938. The Balaban J connectivity index is 0.000000287. The smallest absolute Gasteiger partial charge is 0.392 e. The highest BCUT2D eigenvalue weighted by atomic mass is 79.9. The molecule has 0 aliphatic heterocycles. The number of hydrogen-bond donors (Lipinski definition) is 0. The Hall–Kier alpha value is -2.88.